The standard InChI is InChI=1S/C22H27ClO6/c1-2-28-17-6-3-14(4-7-17)9-16-10-15(5-8-18(16)23)20-11-19(26)21(27)22(12-24,13-25)29-20/h3-8,10,19-21,24-27H,2,9,11-13H2,1H3/t19?,20-,21+/m1/s1. The fraction of sp³-hybridized carbons (Fsp3) is 0.455. The van der Waals surface area contributed by atoms with E-state index in [1.165, 1.54) is 0 Å². The zero-order valence-electron chi connectivity index (χ0n) is 16.3. The predicted octanol–water partition coefficient (Wildman–Crippen LogP) is 2.24. The molecule has 4 N–H and O–H groups in total. The third-order valence-electron chi connectivity index (χ3n) is 5.34. The molecule has 2 aromatic carbocycles. The van der Waals surface area contributed by atoms with Crippen LogP contribution in [-0.4, -0.2) is 58.1 Å². The Bertz CT molecular complexity index is 805. The van der Waals surface area contributed by atoms with Crippen LogP contribution in [0, 0.1) is 0 Å². The van der Waals surface area contributed by atoms with E-state index in [1.54, 1.807) is 12.1 Å². The lowest BCUT2D eigenvalue weighted by Gasteiger charge is -2.45. The van der Waals surface area contributed by atoms with Crippen LogP contribution in [0.3, 0.4) is 0 Å². The van der Waals surface area contributed by atoms with E-state index in [-0.39, 0.29) is 6.42 Å². The van der Waals surface area contributed by atoms with Crippen molar-refractivity contribution in [1.29, 1.82) is 0 Å². The lowest BCUT2D eigenvalue weighted by atomic mass is 9.85. The summed E-state index contributed by atoms with van der Waals surface area (Å²) in [6, 6.07) is 13.2. The molecule has 0 bridgehead atoms. The largest absolute Gasteiger partial charge is 0.494 e. The quantitative estimate of drug-likeness (QED) is 0.546. The second-order valence-electron chi connectivity index (χ2n) is 7.34. The lowest BCUT2D eigenvalue weighted by Crippen LogP contribution is -2.60. The van der Waals surface area contributed by atoms with Crippen LogP contribution in [0.4, 0.5) is 0 Å². The van der Waals surface area contributed by atoms with Gasteiger partial charge in [-0.05, 0) is 48.2 Å². The van der Waals surface area contributed by atoms with Crippen LogP contribution in [0.15, 0.2) is 42.5 Å². The van der Waals surface area contributed by atoms with E-state index < -0.39 is 37.1 Å². The zero-order valence-corrected chi connectivity index (χ0v) is 17.0. The Kier molecular flexibility index (Phi) is 7.16. The third-order valence-corrected chi connectivity index (χ3v) is 5.71. The Morgan fingerprint density at radius 1 is 1.10 bits per heavy atom. The van der Waals surface area contributed by atoms with Gasteiger partial charge in [0.05, 0.1) is 32.0 Å². The van der Waals surface area contributed by atoms with Gasteiger partial charge in [-0.25, -0.2) is 0 Å². The summed E-state index contributed by atoms with van der Waals surface area (Å²) < 4.78 is 11.3. The van der Waals surface area contributed by atoms with Crippen LogP contribution in [-0.2, 0) is 11.2 Å². The van der Waals surface area contributed by atoms with Crippen LogP contribution in [0.1, 0.15) is 36.1 Å². The monoisotopic (exact) mass is 422 g/mol. The third kappa shape index (κ3) is 4.74. The first-order valence-electron chi connectivity index (χ1n) is 9.68. The van der Waals surface area contributed by atoms with Gasteiger partial charge < -0.3 is 29.9 Å². The van der Waals surface area contributed by atoms with Gasteiger partial charge in [-0.2, -0.15) is 0 Å². The van der Waals surface area contributed by atoms with E-state index >= 15 is 0 Å². The summed E-state index contributed by atoms with van der Waals surface area (Å²) in [5.41, 5.74) is 1.09. The van der Waals surface area contributed by atoms with Crippen molar-refractivity contribution < 1.29 is 29.9 Å². The highest BCUT2D eigenvalue weighted by atomic mass is 35.5. The molecule has 3 atom stereocenters. The van der Waals surface area contributed by atoms with Gasteiger partial charge in [0, 0.05) is 11.4 Å². The average Bonchev–Trinajstić information content (AvgIpc) is 2.73. The topological polar surface area (TPSA) is 99.4 Å². The molecular formula is C22H27ClO6. The van der Waals surface area contributed by atoms with Crippen molar-refractivity contribution in [1.82, 2.24) is 0 Å². The highest BCUT2D eigenvalue weighted by molar-refractivity contribution is 6.31. The number of halogens is 1. The van der Waals surface area contributed by atoms with Crippen molar-refractivity contribution in [3.63, 3.8) is 0 Å². The molecule has 1 aliphatic heterocycles. The first-order chi connectivity index (χ1) is 13.9. The Hall–Kier alpha value is -1.67. The summed E-state index contributed by atoms with van der Waals surface area (Å²) in [5, 5.41) is 40.4. The highest BCUT2D eigenvalue weighted by Crippen LogP contribution is 2.38. The second kappa shape index (κ2) is 9.43. The van der Waals surface area contributed by atoms with Crippen molar-refractivity contribution in [2.24, 2.45) is 0 Å². The number of benzene rings is 2. The minimum atomic E-state index is -1.61. The van der Waals surface area contributed by atoms with E-state index in [0.717, 1.165) is 22.4 Å². The molecule has 0 amide bonds. The summed E-state index contributed by atoms with van der Waals surface area (Å²) in [6.45, 7) is 1.33. The minimum absolute atomic E-state index is 0.146. The van der Waals surface area contributed by atoms with Gasteiger partial charge in [-0.3, -0.25) is 0 Å². The van der Waals surface area contributed by atoms with Crippen LogP contribution >= 0.6 is 11.6 Å². The maximum atomic E-state index is 10.2. The van der Waals surface area contributed by atoms with Crippen molar-refractivity contribution in [2.45, 2.75) is 43.7 Å². The molecule has 1 aliphatic rings. The van der Waals surface area contributed by atoms with Crippen molar-refractivity contribution in [3.05, 3.63) is 64.2 Å². The Morgan fingerprint density at radius 3 is 2.41 bits per heavy atom. The lowest BCUT2D eigenvalue weighted by molar-refractivity contribution is -0.254. The van der Waals surface area contributed by atoms with Crippen LogP contribution < -0.4 is 4.74 Å². The van der Waals surface area contributed by atoms with E-state index in [0.29, 0.717) is 18.1 Å². The molecule has 3 rings (SSSR count). The number of aliphatic hydroxyl groups is 4. The first-order valence-corrected chi connectivity index (χ1v) is 10.1. The molecular weight excluding hydrogens is 396 g/mol. The molecule has 0 radical (unpaired) electrons. The predicted molar refractivity (Wildman–Crippen MR) is 109 cm³/mol. The van der Waals surface area contributed by atoms with Gasteiger partial charge in [-0.1, -0.05) is 35.9 Å². The molecule has 2 aromatic rings. The molecule has 1 fully saturated rings. The summed E-state index contributed by atoms with van der Waals surface area (Å²) in [4.78, 5) is 0. The van der Waals surface area contributed by atoms with Gasteiger partial charge in [0.25, 0.3) is 0 Å². The maximum absolute atomic E-state index is 10.2. The van der Waals surface area contributed by atoms with Gasteiger partial charge in [0.2, 0.25) is 0 Å². The van der Waals surface area contributed by atoms with Crippen LogP contribution in [0.5, 0.6) is 5.75 Å². The highest BCUT2D eigenvalue weighted by Gasteiger charge is 2.49. The summed E-state index contributed by atoms with van der Waals surface area (Å²) in [7, 11) is 0. The SMILES string of the molecule is CCOc1ccc(Cc2cc([C@H]3CC(O)[C@H](O)C(CO)(CO)O3)ccc2Cl)cc1. The molecule has 1 unspecified atom stereocenters. The molecule has 158 valence electrons. The molecule has 0 aromatic heterocycles. The molecule has 0 spiro atoms. The van der Waals surface area contributed by atoms with Crippen molar-refractivity contribution in [3.8, 4) is 5.75 Å². The number of hydrogen-bond acceptors (Lipinski definition) is 6. The van der Waals surface area contributed by atoms with E-state index in [4.69, 9.17) is 21.1 Å². The summed E-state index contributed by atoms with van der Waals surface area (Å²) in [6.07, 6.45) is -2.35. The Labute approximate surface area is 175 Å². The number of hydrogen-bond donors (Lipinski definition) is 4. The van der Waals surface area contributed by atoms with Gasteiger partial charge >= 0.3 is 0 Å². The molecule has 29 heavy (non-hydrogen) atoms. The molecule has 1 saturated heterocycles. The number of aliphatic hydroxyl groups excluding tert-OH is 4. The van der Waals surface area contributed by atoms with Crippen molar-refractivity contribution in [2.75, 3.05) is 19.8 Å². The molecule has 1 heterocycles. The summed E-state index contributed by atoms with van der Waals surface area (Å²) >= 11 is 6.39. The normalized spacial score (nSPS) is 23.7. The molecule has 0 saturated carbocycles. The number of ether oxygens (including phenoxy) is 2. The van der Waals surface area contributed by atoms with Crippen LogP contribution in [0.25, 0.3) is 0 Å². The fourth-order valence-electron chi connectivity index (χ4n) is 3.64. The molecule has 6 nitrogen and oxygen atoms in total. The molecule has 0 aliphatic carbocycles. The second-order valence-corrected chi connectivity index (χ2v) is 7.75. The first kappa shape index (κ1) is 22.0. The van der Waals surface area contributed by atoms with Gasteiger partial charge in [0.1, 0.15) is 17.5 Å². The minimum Gasteiger partial charge on any atom is -0.494 e. The smallest absolute Gasteiger partial charge is 0.143 e. The van der Waals surface area contributed by atoms with Gasteiger partial charge in [-0.15, -0.1) is 0 Å². The van der Waals surface area contributed by atoms with E-state index in [2.05, 4.69) is 0 Å². The Balaban J connectivity index is 1.83. The molecule has 7 heteroatoms. The van der Waals surface area contributed by atoms with E-state index in [1.807, 2.05) is 37.3 Å². The average molecular weight is 423 g/mol. The number of rotatable bonds is 7. The fourth-order valence-corrected chi connectivity index (χ4v) is 3.82. The van der Waals surface area contributed by atoms with E-state index in [9.17, 15) is 20.4 Å². The van der Waals surface area contributed by atoms with Crippen molar-refractivity contribution >= 4 is 11.6 Å². The maximum Gasteiger partial charge on any atom is 0.143 e. The van der Waals surface area contributed by atoms with Gasteiger partial charge in [0.15, 0.2) is 0 Å². The van der Waals surface area contributed by atoms with Crippen LogP contribution in [0.2, 0.25) is 5.02 Å². The Morgan fingerprint density at radius 2 is 1.79 bits per heavy atom. The summed E-state index contributed by atoms with van der Waals surface area (Å²) in [5.74, 6) is 0.809. The zero-order chi connectivity index (χ0) is 21.0.